The van der Waals surface area contributed by atoms with Gasteiger partial charge in [0, 0.05) is 5.97 Å². The SMILES string of the molecule is CCCCCCCCCCCCCC(=O)[O-].O=C([O-])C(F)(F)F.[Ni+2]. The van der Waals surface area contributed by atoms with Gasteiger partial charge in [0.05, 0.1) is 0 Å². The normalized spacial score (nSPS) is 10.3. The maximum atomic E-state index is 10.5. The van der Waals surface area contributed by atoms with E-state index in [1.54, 1.807) is 0 Å². The smallest absolute Gasteiger partial charge is 0.550 e. The second kappa shape index (κ2) is 18.6. The first-order chi connectivity index (χ1) is 10.7. The number of hydrogen-bond donors (Lipinski definition) is 0. The Morgan fingerprint density at radius 1 is 0.750 bits per heavy atom. The maximum absolute atomic E-state index is 10.5. The molecule has 0 spiro atoms. The van der Waals surface area contributed by atoms with Gasteiger partial charge in [-0.05, 0) is 12.8 Å². The molecule has 0 radical (unpaired) electrons. The number of carbonyl (C=O) groups excluding carboxylic acids is 2. The van der Waals surface area contributed by atoms with Crippen molar-refractivity contribution < 1.29 is 49.5 Å². The summed E-state index contributed by atoms with van der Waals surface area (Å²) in [5.74, 6) is -3.91. The molecule has 0 unspecified atom stereocenters. The Morgan fingerprint density at radius 2 is 1.04 bits per heavy atom. The van der Waals surface area contributed by atoms with Crippen LogP contribution in [0.5, 0.6) is 0 Å². The molecule has 8 heteroatoms. The van der Waals surface area contributed by atoms with E-state index in [-0.39, 0.29) is 22.9 Å². The zero-order valence-corrected chi connectivity index (χ0v) is 15.1. The minimum atomic E-state index is -5.19. The Balaban J connectivity index is -0.000000468. The first-order valence-corrected chi connectivity index (χ1v) is 8.19. The van der Waals surface area contributed by atoms with E-state index in [4.69, 9.17) is 9.90 Å². The number of carboxylic acid groups (broad SMARTS) is 2. The Kier molecular flexibility index (Phi) is 21.7. The maximum Gasteiger partial charge on any atom is 2.00 e. The van der Waals surface area contributed by atoms with Gasteiger partial charge in [0.2, 0.25) is 0 Å². The van der Waals surface area contributed by atoms with Crippen LogP contribution in [0.2, 0.25) is 0 Å². The molecule has 0 heterocycles. The van der Waals surface area contributed by atoms with Crippen molar-refractivity contribution in [2.24, 2.45) is 0 Å². The fourth-order valence-electron chi connectivity index (χ4n) is 1.93. The molecule has 0 saturated heterocycles. The number of carbonyl (C=O) groups is 2. The summed E-state index contributed by atoms with van der Waals surface area (Å²) in [6.07, 6.45) is 8.84. The summed E-state index contributed by atoms with van der Waals surface area (Å²) in [5, 5.41) is 18.9. The molecule has 0 amide bonds. The van der Waals surface area contributed by atoms with Gasteiger partial charge in [-0.2, -0.15) is 13.2 Å². The molecule has 0 fully saturated rings. The third-order valence-corrected chi connectivity index (χ3v) is 3.22. The molecular formula is C16H27F3NiO4. The van der Waals surface area contributed by atoms with E-state index in [0.717, 1.165) is 12.8 Å². The second-order valence-electron chi connectivity index (χ2n) is 5.44. The van der Waals surface area contributed by atoms with Crippen molar-refractivity contribution in [3.63, 3.8) is 0 Å². The monoisotopic (exact) mass is 398 g/mol. The molecule has 0 aromatic heterocycles. The molecule has 0 rings (SSSR count). The topological polar surface area (TPSA) is 80.3 Å². The van der Waals surface area contributed by atoms with Crippen LogP contribution in [0.3, 0.4) is 0 Å². The molecule has 0 aliphatic rings. The molecule has 0 aromatic rings. The Labute approximate surface area is 152 Å². The van der Waals surface area contributed by atoms with Gasteiger partial charge in [-0.1, -0.05) is 71.1 Å². The van der Waals surface area contributed by atoms with Gasteiger partial charge in [-0.25, -0.2) is 0 Å². The summed E-state index contributed by atoms with van der Waals surface area (Å²) in [4.78, 5) is 18.9. The fourth-order valence-corrected chi connectivity index (χ4v) is 1.93. The molecule has 4 nitrogen and oxygen atoms in total. The van der Waals surface area contributed by atoms with Gasteiger partial charge >= 0.3 is 22.7 Å². The van der Waals surface area contributed by atoms with Crippen LogP contribution in [0.1, 0.15) is 84.0 Å². The number of carboxylic acids is 2. The van der Waals surface area contributed by atoms with Gasteiger partial charge in [-0.3, -0.25) is 0 Å². The van der Waals surface area contributed by atoms with Crippen molar-refractivity contribution in [2.75, 3.05) is 0 Å². The third kappa shape index (κ3) is 26.1. The summed E-state index contributed by atoms with van der Waals surface area (Å²) >= 11 is 0. The minimum absolute atomic E-state index is 0. The van der Waals surface area contributed by atoms with Gasteiger partial charge < -0.3 is 19.8 Å². The molecule has 0 bridgehead atoms. The van der Waals surface area contributed by atoms with Crippen molar-refractivity contribution in [3.8, 4) is 0 Å². The summed E-state index contributed by atoms with van der Waals surface area (Å²) in [6.45, 7) is 2.24. The van der Waals surface area contributed by atoms with E-state index in [0.29, 0.717) is 0 Å². The van der Waals surface area contributed by atoms with E-state index in [2.05, 4.69) is 6.92 Å². The van der Waals surface area contributed by atoms with Crippen molar-refractivity contribution in [1.29, 1.82) is 0 Å². The summed E-state index contributed by atoms with van der Waals surface area (Å²) in [7, 11) is 0. The Hall–Kier alpha value is -0.776. The number of unbranched alkanes of at least 4 members (excludes halogenated alkanes) is 10. The van der Waals surface area contributed by atoms with Crippen molar-refractivity contribution >= 4 is 11.9 Å². The predicted molar refractivity (Wildman–Crippen MR) is 77.1 cm³/mol. The standard InChI is InChI=1S/C14H28O2.C2HF3O2.Ni/c1-2-3-4-5-6-7-8-9-10-11-12-13-14(15)16;3-2(4,5)1(6)7;/h2-13H2,1H3,(H,15,16);(H,6,7);/q;;+2/p-2. The van der Waals surface area contributed by atoms with Crippen LogP contribution >= 0.6 is 0 Å². The molecule has 146 valence electrons. The molecule has 0 aromatic carbocycles. The van der Waals surface area contributed by atoms with Gasteiger partial charge in [0.15, 0.2) is 0 Å². The Morgan fingerprint density at radius 3 is 1.29 bits per heavy atom. The largest absolute Gasteiger partial charge is 2.00 e. The molecule has 24 heavy (non-hydrogen) atoms. The third-order valence-electron chi connectivity index (χ3n) is 3.22. The van der Waals surface area contributed by atoms with Crippen LogP contribution in [0.15, 0.2) is 0 Å². The van der Waals surface area contributed by atoms with E-state index < -0.39 is 18.1 Å². The van der Waals surface area contributed by atoms with Crippen molar-refractivity contribution in [3.05, 3.63) is 0 Å². The van der Waals surface area contributed by atoms with E-state index >= 15 is 0 Å². The zero-order chi connectivity index (χ0) is 18.1. The minimum Gasteiger partial charge on any atom is -0.550 e. The summed E-state index contributed by atoms with van der Waals surface area (Å²) in [5.41, 5.74) is 0. The number of alkyl halides is 3. The Bertz CT molecular complexity index is 310. The van der Waals surface area contributed by atoms with Gasteiger partial charge in [0.25, 0.3) is 0 Å². The van der Waals surface area contributed by atoms with Crippen LogP contribution in [0.25, 0.3) is 0 Å². The van der Waals surface area contributed by atoms with E-state index in [9.17, 15) is 23.1 Å². The number of hydrogen-bond acceptors (Lipinski definition) is 4. The van der Waals surface area contributed by atoms with Crippen LogP contribution in [0.4, 0.5) is 13.2 Å². The van der Waals surface area contributed by atoms with Gasteiger partial charge in [0.1, 0.15) is 5.97 Å². The first kappa shape index (κ1) is 28.0. The number of halogens is 3. The van der Waals surface area contributed by atoms with Crippen LogP contribution < -0.4 is 10.2 Å². The molecule has 0 aliphatic heterocycles. The van der Waals surface area contributed by atoms with Gasteiger partial charge in [-0.15, -0.1) is 0 Å². The molecular weight excluding hydrogens is 372 g/mol. The summed E-state index contributed by atoms with van der Waals surface area (Å²) < 4.78 is 31.5. The quantitative estimate of drug-likeness (QED) is 0.374. The average Bonchev–Trinajstić information content (AvgIpc) is 2.44. The molecule has 0 atom stereocenters. The first-order valence-electron chi connectivity index (χ1n) is 8.19. The van der Waals surface area contributed by atoms with Crippen LogP contribution in [0, 0.1) is 0 Å². The van der Waals surface area contributed by atoms with Crippen molar-refractivity contribution in [1.82, 2.24) is 0 Å². The molecule has 0 aliphatic carbocycles. The molecule has 0 saturated carbocycles. The summed E-state index contributed by atoms with van der Waals surface area (Å²) in [6, 6.07) is 0. The number of rotatable bonds is 12. The fraction of sp³-hybridized carbons (Fsp3) is 0.875. The average molecular weight is 399 g/mol. The van der Waals surface area contributed by atoms with Crippen LogP contribution in [-0.2, 0) is 26.1 Å². The van der Waals surface area contributed by atoms with Crippen LogP contribution in [-0.4, -0.2) is 18.1 Å². The zero-order valence-electron chi connectivity index (χ0n) is 14.1. The molecule has 0 N–H and O–H groups in total. The van der Waals surface area contributed by atoms with E-state index in [1.165, 1.54) is 57.8 Å². The van der Waals surface area contributed by atoms with Crippen molar-refractivity contribution in [2.45, 2.75) is 90.1 Å². The predicted octanol–water partition coefficient (Wildman–Crippen LogP) is 2.73. The van der Waals surface area contributed by atoms with E-state index in [1.807, 2.05) is 0 Å². The second-order valence-corrected chi connectivity index (χ2v) is 5.44. The number of aliphatic carboxylic acids is 2.